The number of carbonyl (C=O) groups is 2. The van der Waals surface area contributed by atoms with Crippen LogP contribution in [0.5, 0.6) is 5.75 Å². The highest BCUT2D eigenvalue weighted by atomic mass is 32.2. The standard InChI is InChI=1S/C25H35N3O5S/c1-6-26-25(30)20(3)27(18-21-12-9-13-22(17-21)33-4)24(29)15-10-16-28(34(5,31)32)23-14-8-7-11-19(23)2/h7-9,11-14,17,20H,6,10,15-16,18H2,1-5H3,(H,26,30)/t20-/m0/s1. The maximum absolute atomic E-state index is 13.2. The van der Waals surface area contributed by atoms with E-state index in [1.807, 2.05) is 50.2 Å². The van der Waals surface area contributed by atoms with Gasteiger partial charge in [-0.05, 0) is 56.5 Å². The molecule has 0 fully saturated rings. The third kappa shape index (κ3) is 7.48. The number of aryl methyl sites for hydroxylation is 1. The number of nitrogens with zero attached hydrogens (tertiary/aromatic N) is 2. The van der Waals surface area contributed by atoms with Gasteiger partial charge < -0.3 is 15.0 Å². The number of hydrogen-bond donors (Lipinski definition) is 1. The monoisotopic (exact) mass is 489 g/mol. The summed E-state index contributed by atoms with van der Waals surface area (Å²) >= 11 is 0. The smallest absolute Gasteiger partial charge is 0.242 e. The molecule has 34 heavy (non-hydrogen) atoms. The summed E-state index contributed by atoms with van der Waals surface area (Å²) in [5.41, 5.74) is 2.27. The SMILES string of the molecule is CCNC(=O)[C@H](C)N(Cc1cccc(OC)c1)C(=O)CCCN(c1ccccc1C)S(C)(=O)=O. The van der Waals surface area contributed by atoms with Crippen molar-refractivity contribution in [1.29, 1.82) is 0 Å². The molecule has 0 aliphatic heterocycles. The van der Waals surface area contributed by atoms with Gasteiger partial charge in [-0.1, -0.05) is 30.3 Å². The van der Waals surface area contributed by atoms with Crippen LogP contribution in [0.1, 0.15) is 37.8 Å². The first-order valence-corrected chi connectivity index (χ1v) is 13.2. The molecule has 0 aliphatic rings. The second kappa shape index (κ2) is 12.4. The highest BCUT2D eigenvalue weighted by Crippen LogP contribution is 2.23. The van der Waals surface area contributed by atoms with Crippen molar-refractivity contribution in [2.75, 3.05) is 30.8 Å². The Balaban J connectivity index is 2.18. The first kappa shape index (κ1) is 27.2. The minimum Gasteiger partial charge on any atom is -0.497 e. The molecule has 0 aromatic heterocycles. The Kier molecular flexibility index (Phi) is 9.92. The van der Waals surface area contributed by atoms with Crippen LogP contribution >= 0.6 is 0 Å². The fraction of sp³-hybridized carbons (Fsp3) is 0.440. The van der Waals surface area contributed by atoms with Crippen LogP contribution in [0, 0.1) is 6.92 Å². The molecule has 0 bridgehead atoms. The summed E-state index contributed by atoms with van der Waals surface area (Å²) in [7, 11) is -1.95. The third-order valence-corrected chi connectivity index (χ3v) is 6.72. The van der Waals surface area contributed by atoms with Crippen molar-refractivity contribution in [3.8, 4) is 5.75 Å². The fourth-order valence-corrected chi connectivity index (χ4v) is 4.72. The molecular formula is C25H35N3O5S. The number of rotatable bonds is 12. The zero-order chi connectivity index (χ0) is 25.3. The van der Waals surface area contributed by atoms with Crippen molar-refractivity contribution < 1.29 is 22.7 Å². The molecule has 0 unspecified atom stereocenters. The van der Waals surface area contributed by atoms with Gasteiger partial charge in [0.15, 0.2) is 0 Å². The van der Waals surface area contributed by atoms with Crippen LogP contribution in [0.4, 0.5) is 5.69 Å². The summed E-state index contributed by atoms with van der Waals surface area (Å²) in [6.07, 6.45) is 1.58. The number of sulfonamides is 1. The first-order chi connectivity index (χ1) is 16.1. The van der Waals surface area contributed by atoms with E-state index in [0.717, 1.165) is 17.4 Å². The second-order valence-electron chi connectivity index (χ2n) is 8.17. The van der Waals surface area contributed by atoms with E-state index < -0.39 is 16.1 Å². The lowest BCUT2D eigenvalue weighted by atomic mass is 10.1. The van der Waals surface area contributed by atoms with Gasteiger partial charge in [0, 0.05) is 26.1 Å². The number of amides is 2. The Morgan fingerprint density at radius 3 is 2.44 bits per heavy atom. The maximum atomic E-state index is 13.2. The molecule has 0 spiro atoms. The van der Waals surface area contributed by atoms with Crippen molar-refractivity contribution in [3.63, 3.8) is 0 Å². The highest BCUT2D eigenvalue weighted by Gasteiger charge is 2.26. The summed E-state index contributed by atoms with van der Waals surface area (Å²) < 4.78 is 31.5. The largest absolute Gasteiger partial charge is 0.497 e. The Morgan fingerprint density at radius 1 is 1.12 bits per heavy atom. The van der Waals surface area contributed by atoms with E-state index in [2.05, 4.69) is 5.32 Å². The maximum Gasteiger partial charge on any atom is 0.242 e. The summed E-state index contributed by atoms with van der Waals surface area (Å²) in [5.74, 6) is 0.203. The fourth-order valence-electron chi connectivity index (χ4n) is 3.70. The molecule has 2 aromatic carbocycles. The van der Waals surface area contributed by atoms with Crippen molar-refractivity contribution in [2.45, 2.75) is 46.2 Å². The molecule has 8 nitrogen and oxygen atoms in total. The van der Waals surface area contributed by atoms with Gasteiger partial charge in [0.2, 0.25) is 21.8 Å². The zero-order valence-electron chi connectivity index (χ0n) is 20.6. The average molecular weight is 490 g/mol. The highest BCUT2D eigenvalue weighted by molar-refractivity contribution is 7.92. The molecule has 0 saturated heterocycles. The third-order valence-electron chi connectivity index (χ3n) is 5.54. The molecule has 2 rings (SSSR count). The van der Waals surface area contributed by atoms with Gasteiger partial charge >= 0.3 is 0 Å². The van der Waals surface area contributed by atoms with Gasteiger partial charge in [0.1, 0.15) is 11.8 Å². The Hall–Kier alpha value is -3.07. The van der Waals surface area contributed by atoms with Crippen molar-refractivity contribution in [2.24, 2.45) is 0 Å². The van der Waals surface area contributed by atoms with Crippen LogP contribution in [-0.2, 0) is 26.2 Å². The lowest BCUT2D eigenvalue weighted by Crippen LogP contribution is -2.47. The van der Waals surface area contributed by atoms with E-state index in [4.69, 9.17) is 4.74 Å². The molecule has 0 aliphatic carbocycles. The summed E-state index contributed by atoms with van der Waals surface area (Å²) in [6.45, 7) is 6.23. The lowest BCUT2D eigenvalue weighted by Gasteiger charge is -2.29. The molecule has 0 radical (unpaired) electrons. The quantitative estimate of drug-likeness (QED) is 0.494. The molecule has 0 saturated carbocycles. The number of para-hydroxylation sites is 1. The molecule has 2 aromatic rings. The predicted molar refractivity (Wildman–Crippen MR) is 134 cm³/mol. The lowest BCUT2D eigenvalue weighted by molar-refractivity contribution is -0.140. The van der Waals surface area contributed by atoms with Gasteiger partial charge in [-0.25, -0.2) is 8.42 Å². The second-order valence-corrected chi connectivity index (χ2v) is 10.1. The number of carbonyl (C=O) groups excluding carboxylic acids is 2. The van der Waals surface area contributed by atoms with E-state index in [9.17, 15) is 18.0 Å². The molecule has 9 heteroatoms. The molecule has 0 heterocycles. The van der Waals surface area contributed by atoms with E-state index in [1.165, 1.54) is 9.21 Å². The van der Waals surface area contributed by atoms with Crippen LogP contribution in [-0.4, -0.2) is 57.6 Å². The van der Waals surface area contributed by atoms with E-state index in [1.54, 1.807) is 26.2 Å². The van der Waals surface area contributed by atoms with Crippen LogP contribution in [0.3, 0.4) is 0 Å². The summed E-state index contributed by atoms with van der Waals surface area (Å²) in [4.78, 5) is 27.3. The minimum atomic E-state index is -3.52. The number of methoxy groups -OCH3 is 1. The van der Waals surface area contributed by atoms with Crippen molar-refractivity contribution >= 4 is 27.5 Å². The van der Waals surface area contributed by atoms with E-state index in [-0.39, 0.29) is 31.3 Å². The number of ether oxygens (including phenoxy) is 1. The van der Waals surface area contributed by atoms with Crippen LogP contribution in [0.15, 0.2) is 48.5 Å². The zero-order valence-corrected chi connectivity index (χ0v) is 21.4. The van der Waals surface area contributed by atoms with Gasteiger partial charge in [0.25, 0.3) is 0 Å². The Morgan fingerprint density at radius 2 is 1.82 bits per heavy atom. The van der Waals surface area contributed by atoms with E-state index >= 15 is 0 Å². The minimum absolute atomic E-state index is 0.103. The topological polar surface area (TPSA) is 96.0 Å². The number of anilines is 1. The summed E-state index contributed by atoms with van der Waals surface area (Å²) in [6, 6.07) is 13.9. The van der Waals surface area contributed by atoms with Crippen LogP contribution < -0.4 is 14.4 Å². The van der Waals surface area contributed by atoms with Crippen molar-refractivity contribution in [3.05, 3.63) is 59.7 Å². The van der Waals surface area contributed by atoms with Crippen LogP contribution in [0.25, 0.3) is 0 Å². The predicted octanol–water partition coefficient (Wildman–Crippen LogP) is 3.10. The van der Waals surface area contributed by atoms with Crippen molar-refractivity contribution in [1.82, 2.24) is 10.2 Å². The Bertz CT molecular complexity index is 1090. The molecule has 1 atom stereocenters. The van der Waals surface area contributed by atoms with Gasteiger partial charge in [-0.15, -0.1) is 0 Å². The molecule has 186 valence electrons. The average Bonchev–Trinajstić information content (AvgIpc) is 2.80. The van der Waals surface area contributed by atoms with Crippen LogP contribution in [0.2, 0.25) is 0 Å². The number of hydrogen-bond acceptors (Lipinski definition) is 5. The summed E-state index contributed by atoms with van der Waals surface area (Å²) in [5, 5.41) is 2.77. The van der Waals surface area contributed by atoms with Gasteiger partial charge in [-0.2, -0.15) is 0 Å². The number of likely N-dealkylation sites (N-methyl/N-ethyl adjacent to an activating group) is 1. The number of nitrogens with one attached hydrogen (secondary N) is 1. The normalized spacial score (nSPS) is 12.0. The Labute approximate surface area is 202 Å². The molecule has 2 amide bonds. The van der Waals surface area contributed by atoms with Gasteiger partial charge in [-0.3, -0.25) is 13.9 Å². The molecule has 1 N–H and O–H groups in total. The first-order valence-electron chi connectivity index (χ1n) is 11.3. The van der Waals surface area contributed by atoms with Gasteiger partial charge in [0.05, 0.1) is 19.1 Å². The molecular weight excluding hydrogens is 454 g/mol. The number of benzene rings is 2. The van der Waals surface area contributed by atoms with E-state index in [0.29, 0.717) is 24.4 Å².